The highest BCUT2D eigenvalue weighted by molar-refractivity contribution is 6.06. The average Bonchev–Trinajstić information content (AvgIpc) is 2.99. The van der Waals surface area contributed by atoms with Crippen LogP contribution >= 0.6 is 0 Å². The zero-order valence-electron chi connectivity index (χ0n) is 15.6. The van der Waals surface area contributed by atoms with E-state index in [1.165, 1.54) is 0 Å². The predicted molar refractivity (Wildman–Crippen MR) is 105 cm³/mol. The van der Waals surface area contributed by atoms with Crippen LogP contribution in [0.5, 0.6) is 0 Å². The number of rotatable bonds is 7. The van der Waals surface area contributed by atoms with E-state index in [9.17, 15) is 4.79 Å². The molecule has 0 aliphatic rings. The van der Waals surface area contributed by atoms with E-state index in [2.05, 4.69) is 14.9 Å². The lowest BCUT2D eigenvalue weighted by Crippen LogP contribution is -2.29. The number of pyridine rings is 1. The highest BCUT2D eigenvalue weighted by atomic mass is 16.2. The number of hydrogen-bond donors (Lipinski definition) is 2. The van der Waals surface area contributed by atoms with Crippen molar-refractivity contribution in [1.29, 1.82) is 0 Å². The van der Waals surface area contributed by atoms with Gasteiger partial charge in [-0.2, -0.15) is 0 Å². The van der Waals surface area contributed by atoms with Crippen LogP contribution in [0, 0.1) is 0 Å². The second-order valence-corrected chi connectivity index (χ2v) is 6.38. The van der Waals surface area contributed by atoms with Crippen molar-refractivity contribution in [2.24, 2.45) is 0 Å². The zero-order chi connectivity index (χ0) is 18.7. The molecule has 3 rings (SSSR count). The Morgan fingerprint density at radius 2 is 2.08 bits per heavy atom. The molecular formula is C19H26N6O. The molecular weight excluding hydrogens is 328 g/mol. The van der Waals surface area contributed by atoms with Gasteiger partial charge in [-0.3, -0.25) is 4.79 Å². The zero-order valence-corrected chi connectivity index (χ0v) is 15.6. The third kappa shape index (κ3) is 3.35. The summed E-state index contributed by atoms with van der Waals surface area (Å²) in [6.45, 7) is 6.37. The maximum absolute atomic E-state index is 11.9. The minimum Gasteiger partial charge on any atom is -0.382 e. The van der Waals surface area contributed by atoms with Crippen molar-refractivity contribution >= 4 is 33.7 Å². The maximum Gasteiger partial charge on any atom is 0.219 e. The summed E-state index contributed by atoms with van der Waals surface area (Å²) >= 11 is 0. The van der Waals surface area contributed by atoms with Crippen LogP contribution in [0.3, 0.4) is 0 Å². The van der Waals surface area contributed by atoms with Gasteiger partial charge in [0.15, 0.2) is 5.82 Å². The van der Waals surface area contributed by atoms with E-state index < -0.39 is 0 Å². The molecule has 0 fully saturated rings. The summed E-state index contributed by atoms with van der Waals surface area (Å²) in [5.74, 6) is 1.31. The summed E-state index contributed by atoms with van der Waals surface area (Å²) in [4.78, 5) is 22.9. The molecule has 1 aromatic carbocycles. The Morgan fingerprint density at radius 3 is 2.77 bits per heavy atom. The predicted octanol–water partition coefficient (Wildman–Crippen LogP) is 2.14. The largest absolute Gasteiger partial charge is 0.382 e. The van der Waals surface area contributed by atoms with Crippen molar-refractivity contribution in [1.82, 2.24) is 24.8 Å². The molecule has 3 aromatic rings. The number of nitrogens with one attached hydrogen (secondary N) is 1. The molecule has 0 bridgehead atoms. The fourth-order valence-electron chi connectivity index (χ4n) is 3.30. The molecule has 0 aliphatic heterocycles. The maximum atomic E-state index is 11.9. The summed E-state index contributed by atoms with van der Waals surface area (Å²) in [5, 5.41) is 4.21. The molecule has 2 aromatic heterocycles. The van der Waals surface area contributed by atoms with Gasteiger partial charge in [0, 0.05) is 25.4 Å². The van der Waals surface area contributed by atoms with Gasteiger partial charge >= 0.3 is 0 Å². The Kier molecular flexibility index (Phi) is 5.37. The Balaban J connectivity index is 2.19. The number of carbonyl (C=O) groups excluding carboxylic acids is 1. The number of nitrogens with zero attached hydrogens (tertiary/aromatic N) is 4. The number of aromatic nitrogens is 3. The van der Waals surface area contributed by atoms with Gasteiger partial charge in [-0.05, 0) is 33.0 Å². The Morgan fingerprint density at radius 1 is 1.31 bits per heavy atom. The van der Waals surface area contributed by atoms with Crippen LogP contribution in [0.2, 0.25) is 0 Å². The molecule has 7 nitrogen and oxygen atoms in total. The quantitative estimate of drug-likeness (QED) is 0.635. The number of nitrogen functional groups attached to an aromatic ring is 1. The van der Waals surface area contributed by atoms with Crippen LogP contribution in [-0.4, -0.2) is 45.5 Å². The summed E-state index contributed by atoms with van der Waals surface area (Å²) < 4.78 is 2.19. The first-order valence-corrected chi connectivity index (χ1v) is 9.00. The van der Waals surface area contributed by atoms with Crippen LogP contribution in [-0.2, 0) is 17.9 Å². The van der Waals surface area contributed by atoms with E-state index >= 15 is 0 Å². The first kappa shape index (κ1) is 18.1. The van der Waals surface area contributed by atoms with Crippen molar-refractivity contribution in [3.63, 3.8) is 0 Å². The van der Waals surface area contributed by atoms with Crippen LogP contribution in [0.25, 0.3) is 21.9 Å². The van der Waals surface area contributed by atoms with Crippen molar-refractivity contribution < 1.29 is 4.79 Å². The number of imidazole rings is 1. The Labute approximate surface area is 153 Å². The number of para-hydroxylation sites is 1. The highest BCUT2D eigenvalue weighted by Crippen LogP contribution is 2.29. The lowest BCUT2D eigenvalue weighted by atomic mass is 10.2. The molecule has 0 atom stereocenters. The van der Waals surface area contributed by atoms with E-state index in [1.807, 2.05) is 38.2 Å². The van der Waals surface area contributed by atoms with E-state index in [1.54, 1.807) is 11.8 Å². The summed E-state index contributed by atoms with van der Waals surface area (Å²) in [5.41, 5.74) is 8.77. The standard InChI is InChI=1S/C19H26N6O/c1-4-24(13(2)26)12-16-23-17-18(25(16)11-7-10-21-3)14-8-5-6-9-15(14)22-19(17)20/h5-6,8-9,21H,4,7,10-12H2,1-3H3,(H2,20,22). The van der Waals surface area contributed by atoms with Gasteiger partial charge in [0.2, 0.25) is 5.91 Å². The fourth-order valence-corrected chi connectivity index (χ4v) is 3.30. The number of hydrogen-bond acceptors (Lipinski definition) is 5. The highest BCUT2D eigenvalue weighted by Gasteiger charge is 2.19. The first-order chi connectivity index (χ1) is 12.6. The molecule has 0 saturated carbocycles. The second-order valence-electron chi connectivity index (χ2n) is 6.38. The SMILES string of the molecule is CCN(Cc1nc2c(N)nc3ccccc3c2n1CCCNC)C(C)=O. The molecule has 0 radical (unpaired) electrons. The van der Waals surface area contributed by atoms with Gasteiger partial charge in [0.1, 0.15) is 11.3 Å². The summed E-state index contributed by atoms with van der Waals surface area (Å²) in [6.07, 6.45) is 0.956. The molecule has 2 heterocycles. The number of benzene rings is 1. The van der Waals surface area contributed by atoms with Crippen LogP contribution in [0.15, 0.2) is 24.3 Å². The van der Waals surface area contributed by atoms with E-state index in [0.717, 1.165) is 41.8 Å². The van der Waals surface area contributed by atoms with Gasteiger partial charge in [-0.1, -0.05) is 18.2 Å². The number of carbonyl (C=O) groups is 1. The van der Waals surface area contributed by atoms with Gasteiger partial charge in [0.25, 0.3) is 0 Å². The Hall–Kier alpha value is -2.67. The minimum atomic E-state index is 0.0392. The van der Waals surface area contributed by atoms with E-state index in [-0.39, 0.29) is 5.91 Å². The van der Waals surface area contributed by atoms with Crippen molar-refractivity contribution in [2.45, 2.75) is 33.4 Å². The van der Waals surface area contributed by atoms with Gasteiger partial charge < -0.3 is 20.5 Å². The lowest BCUT2D eigenvalue weighted by Gasteiger charge is -2.19. The second kappa shape index (κ2) is 7.70. The number of anilines is 1. The fraction of sp³-hybridized carbons (Fsp3) is 0.421. The monoisotopic (exact) mass is 354 g/mol. The molecule has 138 valence electrons. The third-order valence-corrected chi connectivity index (χ3v) is 4.66. The van der Waals surface area contributed by atoms with Gasteiger partial charge in [0.05, 0.1) is 17.6 Å². The van der Waals surface area contributed by atoms with Crippen LogP contribution < -0.4 is 11.1 Å². The van der Waals surface area contributed by atoms with Crippen molar-refractivity contribution in [3.05, 3.63) is 30.1 Å². The number of aryl methyl sites for hydroxylation is 1. The Bertz CT molecular complexity index is 933. The number of fused-ring (bicyclic) bond motifs is 3. The van der Waals surface area contributed by atoms with E-state index in [0.29, 0.717) is 24.4 Å². The smallest absolute Gasteiger partial charge is 0.219 e. The number of amides is 1. The van der Waals surface area contributed by atoms with Crippen molar-refractivity contribution in [2.75, 3.05) is 25.9 Å². The summed E-state index contributed by atoms with van der Waals surface area (Å²) in [6, 6.07) is 7.96. The third-order valence-electron chi connectivity index (χ3n) is 4.66. The molecule has 3 N–H and O–H groups in total. The molecule has 0 spiro atoms. The lowest BCUT2D eigenvalue weighted by molar-refractivity contribution is -0.129. The molecule has 7 heteroatoms. The van der Waals surface area contributed by atoms with Gasteiger partial charge in [-0.25, -0.2) is 9.97 Å². The molecule has 1 amide bonds. The minimum absolute atomic E-state index is 0.0392. The van der Waals surface area contributed by atoms with Crippen molar-refractivity contribution in [3.8, 4) is 0 Å². The van der Waals surface area contributed by atoms with Gasteiger partial charge in [-0.15, -0.1) is 0 Å². The topological polar surface area (TPSA) is 89.1 Å². The van der Waals surface area contributed by atoms with Crippen LogP contribution in [0.1, 0.15) is 26.1 Å². The number of nitrogens with two attached hydrogens (primary N) is 1. The van der Waals surface area contributed by atoms with E-state index in [4.69, 9.17) is 10.7 Å². The molecule has 0 saturated heterocycles. The van der Waals surface area contributed by atoms with Crippen LogP contribution in [0.4, 0.5) is 5.82 Å². The molecule has 0 aliphatic carbocycles. The first-order valence-electron chi connectivity index (χ1n) is 9.00. The molecule has 26 heavy (non-hydrogen) atoms. The average molecular weight is 354 g/mol. The summed E-state index contributed by atoms with van der Waals surface area (Å²) in [7, 11) is 1.94. The normalized spacial score (nSPS) is 11.3. The molecule has 0 unspecified atom stereocenters.